The van der Waals surface area contributed by atoms with E-state index in [0.29, 0.717) is 16.3 Å². The lowest BCUT2D eigenvalue weighted by Crippen LogP contribution is -2.60. The molecular formula is C10H17BrO. The summed E-state index contributed by atoms with van der Waals surface area (Å²) < 4.78 is 5.50. The van der Waals surface area contributed by atoms with Crippen LogP contribution in [0.4, 0.5) is 0 Å². The van der Waals surface area contributed by atoms with E-state index in [0.717, 1.165) is 5.92 Å². The molecule has 0 aromatic rings. The van der Waals surface area contributed by atoms with Crippen LogP contribution < -0.4 is 0 Å². The Labute approximate surface area is 83.0 Å². The molecule has 70 valence electrons. The molecule has 0 bridgehead atoms. The Morgan fingerprint density at radius 1 is 1.50 bits per heavy atom. The van der Waals surface area contributed by atoms with E-state index in [1.807, 2.05) is 7.11 Å². The van der Waals surface area contributed by atoms with Crippen molar-refractivity contribution >= 4 is 15.9 Å². The van der Waals surface area contributed by atoms with Gasteiger partial charge in [0.1, 0.15) is 0 Å². The molecule has 2 heteroatoms. The lowest BCUT2D eigenvalue weighted by Gasteiger charge is -2.62. The van der Waals surface area contributed by atoms with E-state index < -0.39 is 0 Å². The summed E-state index contributed by atoms with van der Waals surface area (Å²) in [5.74, 6) is 0.871. The third kappa shape index (κ3) is 1.00. The summed E-state index contributed by atoms with van der Waals surface area (Å²) in [5.41, 5.74) is 0.581. The van der Waals surface area contributed by atoms with Gasteiger partial charge in [0.05, 0.1) is 6.10 Å². The third-order valence-corrected chi connectivity index (χ3v) is 4.61. The van der Waals surface area contributed by atoms with Crippen LogP contribution >= 0.6 is 15.9 Å². The Morgan fingerprint density at radius 2 is 2.17 bits per heavy atom. The molecule has 0 aromatic heterocycles. The maximum Gasteiger partial charge on any atom is 0.0633 e. The summed E-state index contributed by atoms with van der Waals surface area (Å²) in [6.45, 7) is 2.27. The summed E-state index contributed by atoms with van der Waals surface area (Å²) in [6.07, 6.45) is 6.04. The first-order valence-electron chi connectivity index (χ1n) is 4.87. The Balaban J connectivity index is 2.03. The van der Waals surface area contributed by atoms with Crippen LogP contribution in [0.1, 0.15) is 32.6 Å². The van der Waals surface area contributed by atoms with Crippen molar-refractivity contribution in [2.24, 2.45) is 11.3 Å². The molecule has 12 heavy (non-hydrogen) atoms. The van der Waals surface area contributed by atoms with Gasteiger partial charge < -0.3 is 4.74 Å². The van der Waals surface area contributed by atoms with Crippen molar-refractivity contribution in [2.75, 3.05) is 7.11 Å². The van der Waals surface area contributed by atoms with E-state index in [-0.39, 0.29) is 0 Å². The number of rotatable bonds is 2. The van der Waals surface area contributed by atoms with Crippen LogP contribution in [0.2, 0.25) is 0 Å². The number of hydrogen-bond acceptors (Lipinski definition) is 1. The Kier molecular flexibility index (Phi) is 2.24. The van der Waals surface area contributed by atoms with Crippen LogP contribution in [-0.2, 0) is 4.74 Å². The fourth-order valence-corrected chi connectivity index (χ4v) is 3.77. The van der Waals surface area contributed by atoms with Gasteiger partial charge in [-0.25, -0.2) is 0 Å². The van der Waals surface area contributed by atoms with E-state index in [9.17, 15) is 0 Å². The number of hydrogen-bond donors (Lipinski definition) is 0. The second-order valence-corrected chi connectivity index (χ2v) is 5.78. The summed E-state index contributed by atoms with van der Waals surface area (Å²) in [5, 5.41) is 0. The SMILES string of the molecule is COC1CC(C(C)Br)C12CCC2. The van der Waals surface area contributed by atoms with Crippen LogP contribution in [0.25, 0.3) is 0 Å². The molecule has 1 spiro atoms. The molecule has 0 amide bonds. The van der Waals surface area contributed by atoms with Crippen molar-refractivity contribution in [1.82, 2.24) is 0 Å². The highest BCUT2D eigenvalue weighted by atomic mass is 79.9. The van der Waals surface area contributed by atoms with Crippen LogP contribution in [0, 0.1) is 11.3 Å². The summed E-state index contributed by atoms with van der Waals surface area (Å²) in [6, 6.07) is 0. The van der Waals surface area contributed by atoms with Crippen LogP contribution in [0.3, 0.4) is 0 Å². The van der Waals surface area contributed by atoms with Gasteiger partial charge in [0.25, 0.3) is 0 Å². The van der Waals surface area contributed by atoms with Gasteiger partial charge in [-0.1, -0.05) is 29.3 Å². The maximum atomic E-state index is 5.50. The van der Waals surface area contributed by atoms with Gasteiger partial charge in [0.2, 0.25) is 0 Å². The van der Waals surface area contributed by atoms with Gasteiger partial charge in [-0.05, 0) is 25.2 Å². The number of methoxy groups -OCH3 is 1. The highest BCUT2D eigenvalue weighted by Crippen LogP contribution is 2.62. The molecule has 2 rings (SSSR count). The van der Waals surface area contributed by atoms with Crippen LogP contribution in [-0.4, -0.2) is 18.0 Å². The van der Waals surface area contributed by atoms with Gasteiger partial charge in [-0.3, -0.25) is 0 Å². The van der Waals surface area contributed by atoms with Crippen LogP contribution in [0.15, 0.2) is 0 Å². The topological polar surface area (TPSA) is 9.23 Å². The van der Waals surface area contributed by atoms with Gasteiger partial charge in [0.15, 0.2) is 0 Å². The molecule has 3 atom stereocenters. The minimum absolute atomic E-state index is 0.566. The number of ether oxygens (including phenoxy) is 1. The van der Waals surface area contributed by atoms with Crippen molar-refractivity contribution in [3.8, 4) is 0 Å². The Hall–Kier alpha value is 0.440. The summed E-state index contributed by atoms with van der Waals surface area (Å²) in [4.78, 5) is 0.671. The maximum absolute atomic E-state index is 5.50. The standard InChI is InChI=1S/C10H17BrO/c1-7(11)8-6-9(12-2)10(8)4-3-5-10/h7-9H,3-6H2,1-2H3. The molecule has 2 fully saturated rings. The number of halogens is 1. The van der Waals surface area contributed by atoms with Crippen molar-refractivity contribution in [2.45, 2.75) is 43.5 Å². The molecule has 1 nitrogen and oxygen atoms in total. The summed E-state index contributed by atoms with van der Waals surface area (Å²) >= 11 is 3.70. The normalized spacial score (nSPS) is 40.2. The van der Waals surface area contributed by atoms with E-state index in [1.54, 1.807) is 0 Å². The zero-order valence-electron chi connectivity index (χ0n) is 7.85. The zero-order valence-corrected chi connectivity index (χ0v) is 9.43. The molecule has 3 unspecified atom stereocenters. The first kappa shape index (κ1) is 9.01. The monoisotopic (exact) mass is 232 g/mol. The third-order valence-electron chi connectivity index (χ3n) is 3.97. The quantitative estimate of drug-likeness (QED) is 0.666. The van der Waals surface area contributed by atoms with Crippen molar-refractivity contribution in [1.29, 1.82) is 0 Å². The first-order valence-corrected chi connectivity index (χ1v) is 5.79. The van der Waals surface area contributed by atoms with Gasteiger partial charge in [0, 0.05) is 17.4 Å². The molecule has 0 aromatic carbocycles. The van der Waals surface area contributed by atoms with E-state index >= 15 is 0 Å². The van der Waals surface area contributed by atoms with E-state index in [4.69, 9.17) is 4.74 Å². The minimum Gasteiger partial charge on any atom is -0.381 e. The first-order chi connectivity index (χ1) is 5.70. The fraction of sp³-hybridized carbons (Fsp3) is 1.00. The molecule has 0 aliphatic heterocycles. The van der Waals surface area contributed by atoms with Crippen molar-refractivity contribution in [3.63, 3.8) is 0 Å². The van der Waals surface area contributed by atoms with Crippen LogP contribution in [0.5, 0.6) is 0 Å². The minimum atomic E-state index is 0.566. The Bertz CT molecular complexity index is 175. The fourth-order valence-electron chi connectivity index (χ4n) is 3.03. The molecule has 0 saturated heterocycles. The van der Waals surface area contributed by atoms with Gasteiger partial charge in [-0.15, -0.1) is 0 Å². The molecule has 2 aliphatic rings. The highest BCUT2D eigenvalue weighted by Gasteiger charge is 2.59. The molecule has 2 saturated carbocycles. The Morgan fingerprint density at radius 3 is 2.50 bits per heavy atom. The molecular weight excluding hydrogens is 216 g/mol. The largest absolute Gasteiger partial charge is 0.381 e. The number of alkyl halides is 1. The van der Waals surface area contributed by atoms with E-state index in [1.165, 1.54) is 25.7 Å². The lowest BCUT2D eigenvalue weighted by atomic mass is 9.47. The molecule has 0 heterocycles. The predicted molar refractivity (Wildman–Crippen MR) is 53.6 cm³/mol. The van der Waals surface area contributed by atoms with E-state index in [2.05, 4.69) is 22.9 Å². The molecule has 0 radical (unpaired) electrons. The van der Waals surface area contributed by atoms with Crippen molar-refractivity contribution in [3.05, 3.63) is 0 Å². The van der Waals surface area contributed by atoms with Gasteiger partial charge in [-0.2, -0.15) is 0 Å². The predicted octanol–water partition coefficient (Wildman–Crippen LogP) is 2.98. The van der Waals surface area contributed by atoms with Crippen molar-refractivity contribution < 1.29 is 4.74 Å². The van der Waals surface area contributed by atoms with Gasteiger partial charge >= 0.3 is 0 Å². The average Bonchev–Trinajstić information content (AvgIpc) is 1.81. The summed E-state index contributed by atoms with van der Waals surface area (Å²) in [7, 11) is 1.86. The molecule has 2 aliphatic carbocycles. The smallest absolute Gasteiger partial charge is 0.0633 e. The highest BCUT2D eigenvalue weighted by molar-refractivity contribution is 9.09. The second kappa shape index (κ2) is 2.98. The molecule has 0 N–H and O–H groups in total. The lowest BCUT2D eigenvalue weighted by molar-refractivity contribution is -0.182. The zero-order chi connectivity index (χ0) is 8.77. The second-order valence-electron chi connectivity index (χ2n) is 4.33. The average molecular weight is 233 g/mol.